The normalized spacial score (nSPS) is 10.2. The molecule has 0 aliphatic heterocycles. The number of rotatable bonds is 3. The van der Waals surface area contributed by atoms with Crippen molar-refractivity contribution in [1.29, 1.82) is 0 Å². The second-order valence-corrected chi connectivity index (χ2v) is 4.07. The van der Waals surface area contributed by atoms with Gasteiger partial charge in [-0.25, -0.2) is 14.8 Å². The Morgan fingerprint density at radius 2 is 1.95 bits per heavy atom. The van der Waals surface area contributed by atoms with Crippen LogP contribution in [0.4, 0.5) is 5.82 Å². The molecule has 0 radical (unpaired) electrons. The topological polar surface area (TPSA) is 98.3 Å². The Hall–Kier alpha value is -2.28. The van der Waals surface area contributed by atoms with Gasteiger partial charge in [0.15, 0.2) is 10.9 Å². The van der Waals surface area contributed by atoms with E-state index in [0.717, 1.165) is 0 Å². The molecule has 0 unspecified atom stereocenters. The van der Waals surface area contributed by atoms with Crippen LogP contribution in [-0.4, -0.2) is 28.2 Å². The highest BCUT2D eigenvalue weighted by Gasteiger charge is 2.18. The highest BCUT2D eigenvalue weighted by Crippen LogP contribution is 2.29. The fourth-order valence-corrected chi connectivity index (χ4v) is 1.87. The summed E-state index contributed by atoms with van der Waals surface area (Å²) in [6, 6.07) is 6.79. The standard InChI is InChI=1S/C12H11N3O3S/c1-18-7-4-2-6(3-5-7)8-9(11(16)17)14-12(19)15-10(8)13/h2-5H,1H3,(H,16,17)(H3,13,14,15,19). The number of aromatic nitrogens is 2. The minimum absolute atomic E-state index is 0.0205. The van der Waals surface area contributed by atoms with Crippen molar-refractivity contribution in [1.82, 2.24) is 9.97 Å². The van der Waals surface area contributed by atoms with Crippen LogP contribution in [0.25, 0.3) is 11.1 Å². The van der Waals surface area contributed by atoms with E-state index in [-0.39, 0.29) is 22.2 Å². The van der Waals surface area contributed by atoms with E-state index in [1.165, 1.54) is 0 Å². The number of carboxylic acid groups (broad SMARTS) is 1. The smallest absolute Gasteiger partial charge is 0.355 e. The summed E-state index contributed by atoms with van der Waals surface area (Å²) in [5, 5.41) is 9.19. The fraction of sp³-hybridized carbons (Fsp3) is 0.0833. The zero-order valence-corrected chi connectivity index (χ0v) is 10.9. The molecule has 1 aromatic heterocycles. The molecule has 2 rings (SSSR count). The molecule has 7 heteroatoms. The molecule has 3 N–H and O–H groups in total. The fourth-order valence-electron chi connectivity index (χ4n) is 1.66. The van der Waals surface area contributed by atoms with Crippen LogP contribution in [0.3, 0.4) is 0 Å². The Kier molecular flexibility index (Phi) is 3.57. The average Bonchev–Trinajstić information content (AvgIpc) is 2.38. The predicted octanol–water partition coefficient (Wildman–Crippen LogP) is 1.72. The van der Waals surface area contributed by atoms with Crippen molar-refractivity contribution in [3.63, 3.8) is 0 Å². The minimum Gasteiger partial charge on any atom is -0.497 e. The van der Waals surface area contributed by atoms with Gasteiger partial charge in [-0.15, -0.1) is 12.6 Å². The first-order valence-corrected chi connectivity index (χ1v) is 5.72. The Labute approximate surface area is 114 Å². The first-order valence-electron chi connectivity index (χ1n) is 5.27. The number of thiol groups is 1. The van der Waals surface area contributed by atoms with Crippen LogP contribution in [0.15, 0.2) is 29.4 Å². The number of carboxylic acids is 1. The molecule has 0 bridgehead atoms. The lowest BCUT2D eigenvalue weighted by molar-refractivity contribution is 0.0690. The summed E-state index contributed by atoms with van der Waals surface area (Å²) in [4.78, 5) is 18.9. The minimum atomic E-state index is -1.18. The van der Waals surface area contributed by atoms with Crippen molar-refractivity contribution < 1.29 is 14.6 Å². The van der Waals surface area contributed by atoms with Crippen LogP contribution in [0.1, 0.15) is 10.5 Å². The molecule has 0 spiro atoms. The largest absolute Gasteiger partial charge is 0.497 e. The van der Waals surface area contributed by atoms with E-state index >= 15 is 0 Å². The third-order valence-corrected chi connectivity index (χ3v) is 2.71. The van der Waals surface area contributed by atoms with E-state index in [1.807, 2.05) is 0 Å². The second kappa shape index (κ2) is 5.15. The van der Waals surface area contributed by atoms with Gasteiger partial charge >= 0.3 is 5.97 Å². The summed E-state index contributed by atoms with van der Waals surface area (Å²) in [7, 11) is 1.55. The number of hydrogen-bond acceptors (Lipinski definition) is 6. The molecule has 0 aliphatic rings. The summed E-state index contributed by atoms with van der Waals surface area (Å²) >= 11 is 3.92. The van der Waals surface area contributed by atoms with Crippen LogP contribution in [0, 0.1) is 0 Å². The van der Waals surface area contributed by atoms with Gasteiger partial charge < -0.3 is 15.6 Å². The quantitative estimate of drug-likeness (QED) is 0.583. The predicted molar refractivity (Wildman–Crippen MR) is 72.6 cm³/mol. The van der Waals surface area contributed by atoms with Gasteiger partial charge in [-0.3, -0.25) is 0 Å². The maximum Gasteiger partial charge on any atom is 0.355 e. The number of nitrogens with zero attached hydrogens (tertiary/aromatic N) is 2. The van der Waals surface area contributed by atoms with Crippen LogP contribution in [-0.2, 0) is 0 Å². The molecule has 0 atom stereocenters. The van der Waals surface area contributed by atoms with Crippen LogP contribution < -0.4 is 10.5 Å². The molecule has 0 aliphatic carbocycles. The number of carbonyl (C=O) groups is 1. The summed E-state index contributed by atoms with van der Waals surface area (Å²) < 4.78 is 5.04. The monoisotopic (exact) mass is 277 g/mol. The van der Waals surface area contributed by atoms with Gasteiger partial charge in [0.1, 0.15) is 11.6 Å². The van der Waals surface area contributed by atoms with Gasteiger partial charge in [0, 0.05) is 0 Å². The lowest BCUT2D eigenvalue weighted by Gasteiger charge is -2.09. The van der Waals surface area contributed by atoms with Gasteiger partial charge in [-0.1, -0.05) is 12.1 Å². The third-order valence-electron chi connectivity index (χ3n) is 2.51. The molecule has 1 heterocycles. The highest BCUT2D eigenvalue weighted by molar-refractivity contribution is 7.80. The van der Waals surface area contributed by atoms with E-state index < -0.39 is 5.97 Å². The maximum absolute atomic E-state index is 11.2. The molecule has 0 saturated heterocycles. The summed E-state index contributed by atoms with van der Waals surface area (Å²) in [6.07, 6.45) is 0. The Morgan fingerprint density at radius 3 is 2.47 bits per heavy atom. The van der Waals surface area contributed by atoms with Crippen molar-refractivity contribution in [2.75, 3.05) is 12.8 Å². The highest BCUT2D eigenvalue weighted by atomic mass is 32.1. The Bertz CT molecular complexity index is 629. The average molecular weight is 277 g/mol. The SMILES string of the molecule is COc1ccc(-c2c(N)nc(S)nc2C(=O)O)cc1. The second-order valence-electron chi connectivity index (χ2n) is 3.67. The van der Waals surface area contributed by atoms with Crippen LogP contribution >= 0.6 is 12.6 Å². The lowest BCUT2D eigenvalue weighted by atomic mass is 10.0. The van der Waals surface area contributed by atoms with Crippen LogP contribution in [0.5, 0.6) is 5.75 Å². The number of anilines is 1. The molecule has 2 aromatic rings. The number of ether oxygens (including phenoxy) is 1. The number of nitrogens with two attached hydrogens (primary N) is 1. The van der Waals surface area contributed by atoms with E-state index in [2.05, 4.69) is 22.6 Å². The zero-order valence-electron chi connectivity index (χ0n) is 9.99. The number of hydrogen-bond donors (Lipinski definition) is 3. The van der Waals surface area contributed by atoms with Gasteiger partial charge in [0.05, 0.1) is 12.7 Å². The van der Waals surface area contributed by atoms with E-state index in [9.17, 15) is 9.90 Å². The van der Waals surface area contributed by atoms with Gasteiger partial charge in [-0.2, -0.15) is 0 Å². The Balaban J connectivity index is 2.62. The summed E-state index contributed by atoms with van der Waals surface area (Å²) in [5.74, 6) is -0.455. The molecule has 0 fully saturated rings. The van der Waals surface area contributed by atoms with Crippen molar-refractivity contribution in [3.8, 4) is 16.9 Å². The summed E-state index contributed by atoms with van der Waals surface area (Å²) in [5.41, 5.74) is 6.46. The third kappa shape index (κ3) is 2.60. The molecule has 19 heavy (non-hydrogen) atoms. The van der Waals surface area contributed by atoms with Crippen molar-refractivity contribution >= 4 is 24.4 Å². The van der Waals surface area contributed by atoms with Crippen LogP contribution in [0.2, 0.25) is 0 Å². The van der Waals surface area contributed by atoms with Crippen molar-refractivity contribution in [3.05, 3.63) is 30.0 Å². The first-order chi connectivity index (χ1) is 9.02. The molecule has 0 saturated carbocycles. The van der Waals surface area contributed by atoms with Crippen molar-refractivity contribution in [2.45, 2.75) is 5.16 Å². The number of nitrogen functional groups attached to an aromatic ring is 1. The number of aromatic carboxylic acids is 1. The molecule has 0 amide bonds. The summed E-state index contributed by atoms with van der Waals surface area (Å²) in [6.45, 7) is 0. The maximum atomic E-state index is 11.2. The molecular formula is C12H11N3O3S. The van der Waals surface area contributed by atoms with Gasteiger partial charge in [-0.05, 0) is 17.7 Å². The van der Waals surface area contributed by atoms with E-state index in [4.69, 9.17) is 10.5 Å². The molecule has 6 nitrogen and oxygen atoms in total. The van der Waals surface area contributed by atoms with Gasteiger partial charge in [0.2, 0.25) is 0 Å². The Morgan fingerprint density at radius 1 is 1.32 bits per heavy atom. The van der Waals surface area contributed by atoms with E-state index in [1.54, 1.807) is 31.4 Å². The van der Waals surface area contributed by atoms with Crippen molar-refractivity contribution in [2.24, 2.45) is 0 Å². The van der Waals surface area contributed by atoms with E-state index in [0.29, 0.717) is 11.3 Å². The molecule has 98 valence electrons. The number of methoxy groups -OCH3 is 1. The molecule has 1 aromatic carbocycles. The van der Waals surface area contributed by atoms with Gasteiger partial charge in [0.25, 0.3) is 0 Å². The first kappa shape index (κ1) is 13.2. The number of benzene rings is 1. The lowest BCUT2D eigenvalue weighted by Crippen LogP contribution is -2.08. The zero-order chi connectivity index (χ0) is 14.0. The molecular weight excluding hydrogens is 266 g/mol.